The van der Waals surface area contributed by atoms with Gasteiger partial charge in [-0.1, -0.05) is 24.3 Å². The van der Waals surface area contributed by atoms with Gasteiger partial charge < -0.3 is 34.7 Å². The molecular formula is C23H30N2O6. The summed E-state index contributed by atoms with van der Waals surface area (Å²) in [6.07, 6.45) is 2.61. The number of carbonyl (C=O) groups excluding carboxylic acids is 2. The van der Waals surface area contributed by atoms with Gasteiger partial charge in [0, 0.05) is 26.3 Å². The molecule has 3 N–H and O–H groups in total. The number of hydrogen-bond donors (Lipinski definition) is 3. The third kappa shape index (κ3) is 2.05. The van der Waals surface area contributed by atoms with Crippen LogP contribution in [-0.2, 0) is 19.7 Å². The Hall–Kier alpha value is -2.26. The highest BCUT2D eigenvalue weighted by molar-refractivity contribution is 6.04. The molecular weight excluding hydrogens is 400 g/mol. The summed E-state index contributed by atoms with van der Waals surface area (Å²) in [5.41, 5.74) is -0.694. The number of ketones is 1. The van der Waals surface area contributed by atoms with Crippen molar-refractivity contribution in [3.8, 4) is 0 Å². The van der Waals surface area contributed by atoms with E-state index in [4.69, 9.17) is 14.9 Å². The number of allylic oxidation sites excluding steroid dienone is 1. The lowest BCUT2D eigenvalue weighted by Gasteiger charge is -2.53. The summed E-state index contributed by atoms with van der Waals surface area (Å²) in [7, 11) is 4.09. The first-order valence-electron chi connectivity index (χ1n) is 10.5. The minimum Gasteiger partial charge on any atom is -0.549 e. The van der Waals surface area contributed by atoms with Crippen molar-refractivity contribution in [1.29, 1.82) is 0 Å². The van der Waals surface area contributed by atoms with E-state index in [-0.39, 0.29) is 18.3 Å². The Kier molecular flexibility index (Phi) is 4.86. The molecule has 1 aromatic carbocycles. The van der Waals surface area contributed by atoms with Gasteiger partial charge in [0.25, 0.3) is 0 Å². The standard InChI is InChI=1S/C21H22N2O4.2CH4O/c1-3-12-10-23(2)9-8-20-13-6-4-5-7-14(13)22-21(20)17(24)16(23)15(12)19(20,11-27-21)18(25)26;2*1-2/h3-7,15-16,22H,8-11H2,1-2H3;2*2H,1H3/b12-3-;;/t15-,16+,19+,20+,21-,23+;;/m1../s1. The second kappa shape index (κ2) is 6.87. The molecule has 0 aromatic heterocycles. The number of anilines is 1. The number of rotatable bonds is 1. The molecule has 8 nitrogen and oxygen atoms in total. The summed E-state index contributed by atoms with van der Waals surface area (Å²) in [6.45, 7) is 3.43. The molecule has 1 spiro atoms. The molecule has 6 aliphatic rings. The van der Waals surface area contributed by atoms with E-state index in [0.29, 0.717) is 10.9 Å². The third-order valence-electron chi connectivity index (χ3n) is 8.39. The number of quaternary nitrogens is 1. The minimum atomic E-state index is -1.29. The van der Waals surface area contributed by atoms with Gasteiger partial charge in [-0.2, -0.15) is 0 Å². The predicted molar refractivity (Wildman–Crippen MR) is 111 cm³/mol. The van der Waals surface area contributed by atoms with Gasteiger partial charge in [-0.3, -0.25) is 4.79 Å². The highest BCUT2D eigenvalue weighted by atomic mass is 16.5. The smallest absolute Gasteiger partial charge is 0.243 e. The number of aliphatic hydroxyl groups excluding tert-OH is 2. The van der Waals surface area contributed by atoms with Gasteiger partial charge in [0.05, 0.1) is 42.9 Å². The van der Waals surface area contributed by atoms with Crippen LogP contribution in [0.4, 0.5) is 5.69 Å². The Morgan fingerprint density at radius 3 is 2.61 bits per heavy atom. The lowest BCUT2D eigenvalue weighted by molar-refractivity contribution is -0.911. The molecule has 6 atom stereocenters. The predicted octanol–water partition coefficient (Wildman–Crippen LogP) is -0.593. The Balaban J connectivity index is 0.000000549. The van der Waals surface area contributed by atoms with Gasteiger partial charge >= 0.3 is 0 Å². The number of nitrogens with zero attached hydrogens (tertiary/aromatic N) is 1. The van der Waals surface area contributed by atoms with Crippen LogP contribution in [0.25, 0.3) is 0 Å². The zero-order valence-electron chi connectivity index (χ0n) is 18.3. The first kappa shape index (κ1) is 22.0. The fraction of sp³-hybridized carbons (Fsp3) is 0.565. The third-order valence-corrected chi connectivity index (χ3v) is 8.39. The number of aliphatic hydroxyl groups is 2. The molecule has 168 valence electrons. The van der Waals surface area contributed by atoms with E-state index in [9.17, 15) is 14.7 Å². The number of nitrogens with one attached hydrogen (secondary N) is 1. The maximum absolute atomic E-state index is 14.0. The molecule has 5 fully saturated rings. The van der Waals surface area contributed by atoms with Gasteiger partial charge in [-0.25, -0.2) is 0 Å². The van der Waals surface area contributed by atoms with Crippen molar-refractivity contribution in [3.63, 3.8) is 0 Å². The van der Waals surface area contributed by atoms with E-state index in [1.165, 1.54) is 0 Å². The number of carbonyl (C=O) groups is 2. The van der Waals surface area contributed by atoms with E-state index in [1.54, 1.807) is 0 Å². The fourth-order valence-electron chi connectivity index (χ4n) is 7.42. The summed E-state index contributed by atoms with van der Waals surface area (Å²) in [6, 6.07) is 7.30. The van der Waals surface area contributed by atoms with Crippen molar-refractivity contribution in [1.82, 2.24) is 0 Å². The van der Waals surface area contributed by atoms with Crippen molar-refractivity contribution < 1.29 is 34.1 Å². The topological polar surface area (TPSA) is 119 Å². The summed E-state index contributed by atoms with van der Waals surface area (Å²) in [5.74, 6) is -1.45. The zero-order chi connectivity index (χ0) is 22.8. The molecule has 31 heavy (non-hydrogen) atoms. The number of hydrogen-bond acceptors (Lipinski definition) is 7. The first-order valence-corrected chi connectivity index (χ1v) is 10.5. The van der Waals surface area contributed by atoms with Crippen molar-refractivity contribution in [3.05, 3.63) is 41.5 Å². The van der Waals surface area contributed by atoms with Crippen LogP contribution in [0.15, 0.2) is 35.9 Å². The van der Waals surface area contributed by atoms with E-state index in [0.717, 1.165) is 44.1 Å². The minimum absolute atomic E-state index is 0.00919. The number of carboxylic acid groups (broad SMARTS) is 1. The van der Waals surface area contributed by atoms with Crippen molar-refractivity contribution in [2.24, 2.45) is 11.3 Å². The number of para-hydroxylation sites is 1. The maximum atomic E-state index is 14.0. The quantitative estimate of drug-likeness (QED) is 0.402. The van der Waals surface area contributed by atoms with Crippen LogP contribution in [0.5, 0.6) is 0 Å². The normalized spacial score (nSPS) is 43.7. The van der Waals surface area contributed by atoms with Crippen LogP contribution < -0.4 is 10.4 Å². The molecule has 7 rings (SSSR count). The molecule has 5 aliphatic heterocycles. The highest BCUT2D eigenvalue weighted by Gasteiger charge is 2.88. The fourth-order valence-corrected chi connectivity index (χ4v) is 7.42. The number of carboxylic acids is 1. The summed E-state index contributed by atoms with van der Waals surface area (Å²) in [4.78, 5) is 26.9. The molecule has 6 bridgehead atoms. The Morgan fingerprint density at radius 2 is 1.97 bits per heavy atom. The van der Waals surface area contributed by atoms with E-state index in [2.05, 4.69) is 12.4 Å². The first-order chi connectivity index (χ1) is 14.9. The number of Topliss-reactive ketones (excluding diaryl/α,β-unsaturated/α-hetero) is 1. The van der Waals surface area contributed by atoms with Crippen molar-refractivity contribution in [2.45, 2.75) is 30.5 Å². The Labute approximate surface area is 181 Å². The second-order valence-electron chi connectivity index (χ2n) is 9.07. The molecule has 1 saturated carbocycles. The number of likely N-dealkylation sites (N-methyl/N-ethyl adjacent to an activating group) is 1. The van der Waals surface area contributed by atoms with Gasteiger partial charge in [-0.15, -0.1) is 0 Å². The molecule has 4 saturated heterocycles. The van der Waals surface area contributed by atoms with Crippen molar-refractivity contribution >= 4 is 17.4 Å². The molecule has 1 aliphatic carbocycles. The number of aliphatic carboxylic acids is 1. The average Bonchev–Trinajstić information content (AvgIpc) is 3.29. The van der Waals surface area contributed by atoms with Crippen molar-refractivity contribution in [2.75, 3.05) is 46.3 Å². The lowest BCUT2D eigenvalue weighted by atomic mass is 9.46. The van der Waals surface area contributed by atoms with Gasteiger partial charge in [0.1, 0.15) is 6.54 Å². The van der Waals surface area contributed by atoms with E-state index < -0.39 is 28.6 Å². The summed E-state index contributed by atoms with van der Waals surface area (Å²) >= 11 is 0. The Bertz CT molecular complexity index is 979. The molecule has 0 amide bonds. The van der Waals surface area contributed by atoms with Crippen LogP contribution in [0.3, 0.4) is 0 Å². The highest BCUT2D eigenvalue weighted by Crippen LogP contribution is 2.74. The average molecular weight is 431 g/mol. The van der Waals surface area contributed by atoms with E-state index >= 15 is 0 Å². The van der Waals surface area contributed by atoms with Crippen LogP contribution in [-0.4, -0.2) is 79.2 Å². The molecule has 8 heteroatoms. The van der Waals surface area contributed by atoms with Crippen LogP contribution in [0, 0.1) is 11.3 Å². The van der Waals surface area contributed by atoms with Gasteiger partial charge in [0.2, 0.25) is 11.5 Å². The molecule has 1 aromatic rings. The van der Waals surface area contributed by atoms with Crippen LogP contribution in [0.1, 0.15) is 18.9 Å². The molecule has 0 radical (unpaired) electrons. The largest absolute Gasteiger partial charge is 0.549 e. The SMILES string of the molecule is C/C=C1/C[N@+]2(C)CC[C@@]34c5ccccc5N[C@]35OC[C@@]4(C(=O)[O-])[C@H]1[C@H]2C5=O.CO.CO. The zero-order valence-corrected chi connectivity index (χ0v) is 18.3. The summed E-state index contributed by atoms with van der Waals surface area (Å²) < 4.78 is 6.79. The monoisotopic (exact) mass is 430 g/mol. The van der Waals surface area contributed by atoms with Gasteiger partial charge in [-0.05, 0) is 24.1 Å². The van der Waals surface area contributed by atoms with Gasteiger partial charge in [0.15, 0.2) is 6.04 Å². The molecule has 5 heterocycles. The van der Waals surface area contributed by atoms with Crippen LogP contribution in [0.2, 0.25) is 0 Å². The Morgan fingerprint density at radius 1 is 1.29 bits per heavy atom. The lowest BCUT2D eigenvalue weighted by Crippen LogP contribution is -2.73. The number of ether oxygens (including phenoxy) is 1. The van der Waals surface area contributed by atoms with Crippen LogP contribution >= 0.6 is 0 Å². The summed E-state index contributed by atoms with van der Waals surface area (Å²) in [5, 5.41) is 30.3. The maximum Gasteiger partial charge on any atom is 0.243 e. The number of fused-ring (bicyclic) bond motifs is 2. The second-order valence-corrected chi connectivity index (χ2v) is 9.07. The van der Waals surface area contributed by atoms with E-state index in [1.807, 2.05) is 37.3 Å². The number of benzene rings is 1. The molecule has 0 unspecified atom stereocenters.